The van der Waals surface area contributed by atoms with Crippen LogP contribution in [0.3, 0.4) is 0 Å². The second-order valence-electron chi connectivity index (χ2n) is 4.05. The normalized spacial score (nSPS) is 48.2. The van der Waals surface area contributed by atoms with E-state index < -0.39 is 0 Å². The Hall–Kier alpha value is -0.370. The van der Waals surface area contributed by atoms with Crippen LogP contribution in [0.5, 0.6) is 0 Å². The molecule has 2 bridgehead atoms. The Labute approximate surface area is 67.1 Å². The molecule has 0 amide bonds. The van der Waals surface area contributed by atoms with E-state index in [2.05, 4.69) is 0 Å². The summed E-state index contributed by atoms with van der Waals surface area (Å²) in [7, 11) is 0. The number of ketones is 1. The van der Waals surface area contributed by atoms with Gasteiger partial charge in [0.1, 0.15) is 5.78 Å². The maximum Gasteiger partial charge on any atom is 0.134 e. The molecule has 2 fully saturated rings. The standard InChI is InChI=1S/C9H15NO/c1-5(11)8-6-2-3-7(4-6)9(8)10/h6-9H,2-4,10H2,1H3/t6-,7-,8-,9+/m0/s1. The monoisotopic (exact) mass is 153 g/mol. The lowest BCUT2D eigenvalue weighted by molar-refractivity contribution is -0.122. The summed E-state index contributed by atoms with van der Waals surface area (Å²) in [5.41, 5.74) is 5.94. The summed E-state index contributed by atoms with van der Waals surface area (Å²) in [5, 5.41) is 0. The first-order valence-electron chi connectivity index (χ1n) is 4.46. The zero-order valence-electron chi connectivity index (χ0n) is 6.92. The smallest absolute Gasteiger partial charge is 0.134 e. The Balaban J connectivity index is 2.17. The van der Waals surface area contributed by atoms with Gasteiger partial charge < -0.3 is 5.73 Å². The van der Waals surface area contributed by atoms with Gasteiger partial charge in [0.25, 0.3) is 0 Å². The topological polar surface area (TPSA) is 43.1 Å². The molecular formula is C9H15NO. The molecule has 4 atom stereocenters. The van der Waals surface area contributed by atoms with Gasteiger partial charge in [-0.2, -0.15) is 0 Å². The number of hydrogen-bond donors (Lipinski definition) is 1. The van der Waals surface area contributed by atoms with Crippen LogP contribution < -0.4 is 5.73 Å². The average Bonchev–Trinajstić information content (AvgIpc) is 2.44. The minimum atomic E-state index is 0.186. The number of nitrogens with two attached hydrogens (primary N) is 1. The van der Waals surface area contributed by atoms with E-state index in [9.17, 15) is 4.79 Å². The molecule has 2 aliphatic carbocycles. The van der Waals surface area contributed by atoms with E-state index >= 15 is 0 Å². The molecule has 0 aromatic heterocycles. The van der Waals surface area contributed by atoms with Gasteiger partial charge in [-0.3, -0.25) is 4.79 Å². The lowest BCUT2D eigenvalue weighted by Gasteiger charge is -2.25. The number of rotatable bonds is 1. The Kier molecular flexibility index (Phi) is 1.53. The Morgan fingerprint density at radius 2 is 2.00 bits per heavy atom. The van der Waals surface area contributed by atoms with Gasteiger partial charge in [-0.1, -0.05) is 0 Å². The van der Waals surface area contributed by atoms with Crippen LogP contribution in [0, 0.1) is 17.8 Å². The van der Waals surface area contributed by atoms with Crippen LogP contribution in [-0.2, 0) is 4.79 Å². The maximum atomic E-state index is 11.2. The SMILES string of the molecule is CC(=O)[C@H]1[C@H]2CC[C@@H](C2)[C@H]1N. The van der Waals surface area contributed by atoms with Crippen molar-refractivity contribution in [1.82, 2.24) is 0 Å². The van der Waals surface area contributed by atoms with Crippen LogP contribution in [-0.4, -0.2) is 11.8 Å². The van der Waals surface area contributed by atoms with E-state index in [1.807, 2.05) is 0 Å². The Bertz CT molecular complexity index is 188. The highest BCUT2D eigenvalue weighted by atomic mass is 16.1. The molecule has 2 rings (SSSR count). The number of carbonyl (C=O) groups is 1. The predicted molar refractivity (Wildman–Crippen MR) is 43.0 cm³/mol. The Morgan fingerprint density at radius 3 is 2.36 bits per heavy atom. The minimum absolute atomic E-state index is 0.186. The number of hydrogen-bond acceptors (Lipinski definition) is 2. The van der Waals surface area contributed by atoms with Crippen LogP contribution in [0.15, 0.2) is 0 Å². The second kappa shape index (κ2) is 2.31. The van der Waals surface area contributed by atoms with E-state index in [0.717, 1.165) is 0 Å². The number of fused-ring (bicyclic) bond motifs is 2. The molecule has 0 aromatic rings. The third-order valence-corrected chi connectivity index (χ3v) is 3.45. The first-order chi connectivity index (χ1) is 5.20. The number of Topliss-reactive ketones (excluding diaryl/α,β-unsaturated/α-hetero) is 1. The molecule has 0 aromatic carbocycles. The number of carbonyl (C=O) groups excluding carboxylic acids is 1. The van der Waals surface area contributed by atoms with Gasteiger partial charge in [0, 0.05) is 12.0 Å². The molecule has 2 heteroatoms. The molecular weight excluding hydrogens is 138 g/mol. The van der Waals surface area contributed by atoms with Gasteiger partial charge in [-0.15, -0.1) is 0 Å². The molecule has 0 spiro atoms. The quantitative estimate of drug-likeness (QED) is 0.609. The highest BCUT2D eigenvalue weighted by Crippen LogP contribution is 2.47. The second-order valence-corrected chi connectivity index (χ2v) is 4.05. The van der Waals surface area contributed by atoms with E-state index in [1.165, 1.54) is 19.3 Å². The van der Waals surface area contributed by atoms with E-state index in [1.54, 1.807) is 6.92 Å². The van der Waals surface area contributed by atoms with Gasteiger partial charge in [-0.05, 0) is 38.0 Å². The van der Waals surface area contributed by atoms with E-state index in [-0.39, 0.29) is 12.0 Å². The average molecular weight is 153 g/mol. The van der Waals surface area contributed by atoms with Crippen molar-refractivity contribution >= 4 is 5.78 Å². The van der Waals surface area contributed by atoms with Gasteiger partial charge in [0.2, 0.25) is 0 Å². The van der Waals surface area contributed by atoms with Crippen LogP contribution in [0.2, 0.25) is 0 Å². The summed E-state index contributed by atoms with van der Waals surface area (Å²) in [5.74, 6) is 1.81. The van der Waals surface area contributed by atoms with Gasteiger partial charge in [-0.25, -0.2) is 0 Å². The van der Waals surface area contributed by atoms with Crippen molar-refractivity contribution in [2.45, 2.75) is 32.2 Å². The molecule has 0 saturated heterocycles. The van der Waals surface area contributed by atoms with Crippen molar-refractivity contribution in [2.75, 3.05) is 0 Å². The maximum absolute atomic E-state index is 11.2. The molecule has 0 heterocycles. The molecule has 2 nitrogen and oxygen atoms in total. The molecule has 2 saturated carbocycles. The van der Waals surface area contributed by atoms with Crippen LogP contribution in [0.25, 0.3) is 0 Å². The predicted octanol–water partition coefficient (Wildman–Crippen LogP) is 0.949. The summed E-state index contributed by atoms with van der Waals surface area (Å²) in [6.45, 7) is 1.69. The summed E-state index contributed by atoms with van der Waals surface area (Å²) in [6, 6.07) is 0.186. The van der Waals surface area contributed by atoms with Crippen LogP contribution >= 0.6 is 0 Å². The van der Waals surface area contributed by atoms with Gasteiger partial charge >= 0.3 is 0 Å². The van der Waals surface area contributed by atoms with Crippen molar-refractivity contribution in [3.05, 3.63) is 0 Å². The fourth-order valence-electron chi connectivity index (χ4n) is 2.94. The largest absolute Gasteiger partial charge is 0.327 e. The van der Waals surface area contributed by atoms with E-state index in [0.29, 0.717) is 17.6 Å². The highest BCUT2D eigenvalue weighted by molar-refractivity contribution is 5.80. The van der Waals surface area contributed by atoms with E-state index in [4.69, 9.17) is 5.73 Å². The molecule has 11 heavy (non-hydrogen) atoms. The van der Waals surface area contributed by atoms with Crippen molar-refractivity contribution < 1.29 is 4.79 Å². The Morgan fingerprint density at radius 1 is 1.36 bits per heavy atom. The third kappa shape index (κ3) is 0.924. The molecule has 0 unspecified atom stereocenters. The van der Waals surface area contributed by atoms with Crippen molar-refractivity contribution in [1.29, 1.82) is 0 Å². The molecule has 2 N–H and O–H groups in total. The highest BCUT2D eigenvalue weighted by Gasteiger charge is 2.47. The van der Waals surface area contributed by atoms with Crippen molar-refractivity contribution in [3.63, 3.8) is 0 Å². The first-order valence-corrected chi connectivity index (χ1v) is 4.46. The van der Waals surface area contributed by atoms with Crippen molar-refractivity contribution in [3.8, 4) is 0 Å². The third-order valence-electron chi connectivity index (χ3n) is 3.45. The van der Waals surface area contributed by atoms with Crippen molar-refractivity contribution in [2.24, 2.45) is 23.5 Å². The van der Waals surface area contributed by atoms with Crippen LogP contribution in [0.4, 0.5) is 0 Å². The fraction of sp³-hybridized carbons (Fsp3) is 0.889. The fourth-order valence-corrected chi connectivity index (χ4v) is 2.94. The lowest BCUT2D eigenvalue weighted by Crippen LogP contribution is -2.39. The van der Waals surface area contributed by atoms with Crippen LogP contribution in [0.1, 0.15) is 26.2 Å². The molecule has 0 radical (unpaired) electrons. The molecule has 62 valence electrons. The summed E-state index contributed by atoms with van der Waals surface area (Å²) >= 11 is 0. The lowest BCUT2D eigenvalue weighted by atomic mass is 9.83. The van der Waals surface area contributed by atoms with Gasteiger partial charge in [0.15, 0.2) is 0 Å². The molecule has 2 aliphatic rings. The zero-order chi connectivity index (χ0) is 8.01. The summed E-state index contributed by atoms with van der Waals surface area (Å²) in [4.78, 5) is 11.2. The zero-order valence-corrected chi connectivity index (χ0v) is 6.92. The molecule has 0 aliphatic heterocycles. The van der Waals surface area contributed by atoms with Gasteiger partial charge in [0.05, 0.1) is 0 Å². The minimum Gasteiger partial charge on any atom is -0.327 e. The summed E-state index contributed by atoms with van der Waals surface area (Å²) < 4.78 is 0. The summed E-state index contributed by atoms with van der Waals surface area (Å²) in [6.07, 6.45) is 3.71. The first kappa shape index (κ1) is 7.29.